The highest BCUT2D eigenvalue weighted by molar-refractivity contribution is 5.99. The predicted molar refractivity (Wildman–Crippen MR) is 135 cm³/mol. The number of para-hydroxylation sites is 1. The standard InChI is InChI=1S/C29H28N2O3/c32-28(33)18-20-6-8-21(9-7-20)22-10-12-23(13-11-22)24-14-15-27-25(19-24)16-17-31(27)29(34)30-26-4-2-1-3-5-26/h1-5,10-17,19-21H,6-9,18H2,(H,30,34)(H,32,33)/t20-,21+. The lowest BCUT2D eigenvalue weighted by molar-refractivity contribution is -0.138. The summed E-state index contributed by atoms with van der Waals surface area (Å²) in [6, 6.07) is 26.1. The van der Waals surface area contributed by atoms with Crippen LogP contribution in [0.25, 0.3) is 22.0 Å². The molecule has 172 valence electrons. The molecule has 3 aromatic carbocycles. The molecule has 5 heteroatoms. The highest BCUT2D eigenvalue weighted by Gasteiger charge is 2.24. The maximum absolute atomic E-state index is 12.7. The van der Waals surface area contributed by atoms with Crippen molar-refractivity contribution in [2.24, 2.45) is 5.92 Å². The third-order valence-corrected chi connectivity index (χ3v) is 6.96. The minimum Gasteiger partial charge on any atom is -0.481 e. The monoisotopic (exact) mass is 452 g/mol. The molecule has 1 heterocycles. The summed E-state index contributed by atoms with van der Waals surface area (Å²) < 4.78 is 1.63. The molecule has 1 aliphatic carbocycles. The van der Waals surface area contributed by atoms with Gasteiger partial charge in [0.25, 0.3) is 0 Å². The third kappa shape index (κ3) is 4.74. The summed E-state index contributed by atoms with van der Waals surface area (Å²) in [5, 5.41) is 13.0. The van der Waals surface area contributed by atoms with Gasteiger partial charge in [-0.05, 0) is 84.5 Å². The van der Waals surface area contributed by atoms with Crippen molar-refractivity contribution >= 4 is 28.6 Å². The van der Waals surface area contributed by atoms with Crippen molar-refractivity contribution in [1.29, 1.82) is 0 Å². The lowest BCUT2D eigenvalue weighted by Crippen LogP contribution is -2.18. The van der Waals surface area contributed by atoms with Gasteiger partial charge in [0.15, 0.2) is 0 Å². The molecule has 1 fully saturated rings. The van der Waals surface area contributed by atoms with Crippen molar-refractivity contribution < 1.29 is 14.7 Å². The van der Waals surface area contributed by atoms with Crippen molar-refractivity contribution in [3.05, 3.63) is 90.6 Å². The second kappa shape index (κ2) is 9.56. The number of hydrogen-bond acceptors (Lipinski definition) is 2. The molecule has 34 heavy (non-hydrogen) atoms. The van der Waals surface area contributed by atoms with E-state index in [1.165, 1.54) is 5.56 Å². The zero-order chi connectivity index (χ0) is 23.5. The molecule has 0 aliphatic heterocycles. The molecule has 1 saturated carbocycles. The van der Waals surface area contributed by atoms with Crippen molar-refractivity contribution in [1.82, 2.24) is 4.57 Å². The van der Waals surface area contributed by atoms with Crippen LogP contribution in [0.4, 0.5) is 10.5 Å². The summed E-state index contributed by atoms with van der Waals surface area (Å²) in [7, 11) is 0. The number of rotatable bonds is 5. The molecule has 0 unspecified atom stereocenters. The fourth-order valence-electron chi connectivity index (χ4n) is 5.10. The molecule has 0 spiro atoms. The van der Waals surface area contributed by atoms with Crippen molar-refractivity contribution in [3.8, 4) is 11.1 Å². The smallest absolute Gasteiger partial charge is 0.330 e. The van der Waals surface area contributed by atoms with E-state index in [9.17, 15) is 9.59 Å². The first-order valence-corrected chi connectivity index (χ1v) is 11.9. The zero-order valence-electron chi connectivity index (χ0n) is 19.0. The average Bonchev–Trinajstić information content (AvgIpc) is 3.28. The molecule has 0 radical (unpaired) electrons. The van der Waals surface area contributed by atoms with Gasteiger partial charge < -0.3 is 10.4 Å². The molecule has 5 rings (SSSR count). The molecule has 1 amide bonds. The van der Waals surface area contributed by atoms with Crippen molar-refractivity contribution in [2.75, 3.05) is 5.32 Å². The first-order chi connectivity index (χ1) is 16.6. The van der Waals surface area contributed by atoms with Crippen LogP contribution in [0.1, 0.15) is 43.6 Å². The maximum Gasteiger partial charge on any atom is 0.330 e. The lowest BCUT2D eigenvalue weighted by Gasteiger charge is -2.28. The first-order valence-electron chi connectivity index (χ1n) is 11.9. The number of carboxylic acids is 1. The minimum absolute atomic E-state index is 0.184. The van der Waals surface area contributed by atoms with E-state index < -0.39 is 5.97 Å². The quantitative estimate of drug-likeness (QED) is 0.338. The number of aliphatic carboxylic acids is 1. The van der Waals surface area contributed by atoms with Crippen LogP contribution in [-0.4, -0.2) is 21.7 Å². The number of anilines is 1. The average molecular weight is 453 g/mol. The zero-order valence-corrected chi connectivity index (χ0v) is 19.0. The Morgan fingerprint density at radius 3 is 2.26 bits per heavy atom. The fourth-order valence-corrected chi connectivity index (χ4v) is 5.10. The Hall–Kier alpha value is -3.86. The van der Waals surface area contributed by atoms with Gasteiger partial charge in [-0.15, -0.1) is 0 Å². The Balaban J connectivity index is 1.28. The summed E-state index contributed by atoms with van der Waals surface area (Å²) >= 11 is 0. The molecular weight excluding hydrogens is 424 g/mol. The summed E-state index contributed by atoms with van der Waals surface area (Å²) in [4.78, 5) is 23.7. The number of carbonyl (C=O) groups excluding carboxylic acids is 1. The van der Waals surface area contributed by atoms with Gasteiger partial charge in [-0.3, -0.25) is 9.36 Å². The number of nitrogens with zero attached hydrogens (tertiary/aromatic N) is 1. The molecule has 5 nitrogen and oxygen atoms in total. The van der Waals surface area contributed by atoms with E-state index in [4.69, 9.17) is 5.11 Å². The number of aromatic nitrogens is 1. The van der Waals surface area contributed by atoms with Crippen LogP contribution in [0.3, 0.4) is 0 Å². The van der Waals surface area contributed by atoms with Crippen LogP contribution in [0, 0.1) is 5.92 Å². The van der Waals surface area contributed by atoms with E-state index in [0.717, 1.165) is 53.4 Å². The van der Waals surface area contributed by atoms with Gasteiger partial charge >= 0.3 is 12.0 Å². The second-order valence-corrected chi connectivity index (χ2v) is 9.19. The van der Waals surface area contributed by atoms with Gasteiger partial charge in [0, 0.05) is 23.7 Å². The van der Waals surface area contributed by atoms with Crippen LogP contribution >= 0.6 is 0 Å². The third-order valence-electron chi connectivity index (χ3n) is 6.96. The Labute approximate surface area is 199 Å². The molecule has 0 bridgehead atoms. The summed E-state index contributed by atoms with van der Waals surface area (Å²) in [6.07, 6.45) is 6.19. The van der Waals surface area contributed by atoms with Gasteiger partial charge in [-0.25, -0.2) is 4.79 Å². The largest absolute Gasteiger partial charge is 0.481 e. The number of amides is 1. The maximum atomic E-state index is 12.7. The van der Waals surface area contributed by atoms with Crippen LogP contribution in [-0.2, 0) is 4.79 Å². The van der Waals surface area contributed by atoms with E-state index in [1.54, 1.807) is 10.8 Å². The molecular formula is C29H28N2O3. The molecule has 1 aromatic heterocycles. The number of carboxylic acid groups (broad SMARTS) is 1. The van der Waals surface area contributed by atoms with E-state index in [2.05, 4.69) is 41.7 Å². The van der Waals surface area contributed by atoms with E-state index in [-0.39, 0.29) is 6.03 Å². The lowest BCUT2D eigenvalue weighted by atomic mass is 9.77. The molecule has 0 saturated heterocycles. The Bertz CT molecular complexity index is 1300. The highest BCUT2D eigenvalue weighted by Crippen LogP contribution is 2.37. The Kier molecular flexibility index (Phi) is 6.17. The van der Waals surface area contributed by atoms with Crippen LogP contribution in [0.5, 0.6) is 0 Å². The van der Waals surface area contributed by atoms with Crippen LogP contribution in [0.15, 0.2) is 85.1 Å². The number of nitrogens with one attached hydrogen (secondary N) is 1. The normalized spacial score (nSPS) is 18.0. The van der Waals surface area contributed by atoms with Gasteiger partial charge in [0.05, 0.1) is 5.52 Å². The van der Waals surface area contributed by atoms with E-state index >= 15 is 0 Å². The van der Waals surface area contributed by atoms with Gasteiger partial charge in [-0.1, -0.05) is 48.5 Å². The van der Waals surface area contributed by atoms with Crippen LogP contribution < -0.4 is 5.32 Å². The molecule has 4 aromatic rings. The second-order valence-electron chi connectivity index (χ2n) is 9.19. The molecule has 1 aliphatic rings. The topological polar surface area (TPSA) is 71.3 Å². The predicted octanol–water partition coefficient (Wildman–Crippen LogP) is 7.14. The SMILES string of the molecule is O=C(O)C[C@H]1CC[C@@H](c2ccc(-c3ccc4c(ccn4C(=O)Nc4ccccc4)c3)cc2)CC1. The fraction of sp³-hybridized carbons (Fsp3) is 0.241. The van der Waals surface area contributed by atoms with Gasteiger partial charge in [-0.2, -0.15) is 0 Å². The summed E-state index contributed by atoms with van der Waals surface area (Å²) in [6.45, 7) is 0. The number of hydrogen-bond donors (Lipinski definition) is 2. The number of carbonyl (C=O) groups is 2. The highest BCUT2D eigenvalue weighted by atomic mass is 16.4. The summed E-state index contributed by atoms with van der Waals surface area (Å²) in [5.74, 6) is 0.150. The number of fused-ring (bicyclic) bond motifs is 1. The molecule has 0 atom stereocenters. The minimum atomic E-state index is -0.683. The van der Waals surface area contributed by atoms with Gasteiger partial charge in [0.1, 0.15) is 0 Å². The van der Waals surface area contributed by atoms with Crippen LogP contribution in [0.2, 0.25) is 0 Å². The Morgan fingerprint density at radius 1 is 0.853 bits per heavy atom. The number of benzene rings is 3. The first kappa shape index (κ1) is 22.0. The Morgan fingerprint density at radius 2 is 1.56 bits per heavy atom. The van der Waals surface area contributed by atoms with E-state index in [0.29, 0.717) is 18.3 Å². The van der Waals surface area contributed by atoms with Gasteiger partial charge in [0.2, 0.25) is 0 Å². The van der Waals surface area contributed by atoms with E-state index in [1.807, 2.05) is 42.5 Å². The molecule has 2 N–H and O–H groups in total. The van der Waals surface area contributed by atoms with Crippen molar-refractivity contribution in [2.45, 2.75) is 38.0 Å². The van der Waals surface area contributed by atoms with Crippen molar-refractivity contribution in [3.63, 3.8) is 0 Å². The summed E-state index contributed by atoms with van der Waals surface area (Å²) in [5.41, 5.74) is 5.23.